The topological polar surface area (TPSA) is 109 Å². The van der Waals surface area contributed by atoms with E-state index in [4.69, 9.17) is 17.3 Å². The zero-order chi connectivity index (χ0) is 22.0. The summed E-state index contributed by atoms with van der Waals surface area (Å²) in [5.41, 5.74) is 8.89. The summed E-state index contributed by atoms with van der Waals surface area (Å²) in [6, 6.07) is 10.5. The Morgan fingerprint density at radius 2 is 2.03 bits per heavy atom. The second-order valence-electron chi connectivity index (χ2n) is 8.50. The summed E-state index contributed by atoms with van der Waals surface area (Å²) in [4.78, 5) is 29.7. The molecular weight excluding hydrogens is 414 g/mol. The molecule has 0 unspecified atom stereocenters. The molecule has 1 aromatic heterocycles. The van der Waals surface area contributed by atoms with Crippen LogP contribution in [0.3, 0.4) is 0 Å². The fourth-order valence-corrected chi connectivity index (χ4v) is 4.55. The van der Waals surface area contributed by atoms with E-state index in [1.807, 2.05) is 30.3 Å². The van der Waals surface area contributed by atoms with Gasteiger partial charge in [0.2, 0.25) is 11.8 Å². The average Bonchev–Trinajstić information content (AvgIpc) is 3.36. The molecule has 1 aliphatic carbocycles. The van der Waals surface area contributed by atoms with Crippen molar-refractivity contribution in [2.45, 2.75) is 50.7 Å². The van der Waals surface area contributed by atoms with Crippen molar-refractivity contribution in [3.05, 3.63) is 58.2 Å². The van der Waals surface area contributed by atoms with Gasteiger partial charge in [-0.05, 0) is 74.4 Å². The predicted molar refractivity (Wildman–Crippen MR) is 121 cm³/mol. The van der Waals surface area contributed by atoms with Gasteiger partial charge in [0.05, 0.1) is 12.1 Å². The minimum atomic E-state index is -0.615. The number of pyridine rings is 1. The zero-order valence-electron chi connectivity index (χ0n) is 17.5. The molecular formula is C23H28ClN5O2. The van der Waals surface area contributed by atoms with E-state index in [0.29, 0.717) is 11.7 Å². The molecule has 4 rings (SSSR count). The van der Waals surface area contributed by atoms with Gasteiger partial charge >= 0.3 is 0 Å². The molecule has 2 heterocycles. The lowest BCUT2D eigenvalue weighted by molar-refractivity contribution is -0.129. The fraction of sp³-hybridized carbons (Fsp3) is 0.435. The smallest absolute Gasteiger partial charge is 0.242 e. The van der Waals surface area contributed by atoms with Crippen molar-refractivity contribution in [2.24, 2.45) is 5.92 Å². The number of aryl methyl sites for hydroxylation is 1. The Morgan fingerprint density at radius 3 is 2.81 bits per heavy atom. The summed E-state index contributed by atoms with van der Waals surface area (Å²) >= 11 is 5.95. The number of hydrogen-bond acceptors (Lipinski definition) is 5. The third-order valence-electron chi connectivity index (χ3n) is 6.12. The monoisotopic (exact) mass is 441 g/mol. The molecule has 1 aliphatic heterocycles. The number of amides is 2. The number of nitrogens with two attached hydrogens (primary N) is 1. The molecule has 31 heavy (non-hydrogen) atoms. The third-order valence-corrected chi connectivity index (χ3v) is 6.37. The first kappa shape index (κ1) is 21.6. The van der Waals surface area contributed by atoms with E-state index in [2.05, 4.69) is 20.9 Å². The van der Waals surface area contributed by atoms with E-state index in [0.717, 1.165) is 48.5 Å². The van der Waals surface area contributed by atoms with Crippen LogP contribution in [0.1, 0.15) is 42.6 Å². The second kappa shape index (κ2) is 9.24. The van der Waals surface area contributed by atoms with E-state index in [9.17, 15) is 9.59 Å². The first-order chi connectivity index (χ1) is 14.9. The molecule has 0 saturated carbocycles. The molecule has 7 nitrogen and oxygen atoms in total. The van der Waals surface area contributed by atoms with Crippen LogP contribution in [-0.4, -0.2) is 35.4 Å². The quantitative estimate of drug-likeness (QED) is 0.549. The van der Waals surface area contributed by atoms with Crippen molar-refractivity contribution >= 4 is 29.2 Å². The van der Waals surface area contributed by atoms with Crippen LogP contribution in [0.5, 0.6) is 0 Å². The number of aromatic nitrogens is 1. The SMILES string of the molecule is C[C@H](NC(=O)[C@H]1C[C@H](Cc2ccc(Cl)cc2)CN1)C(=O)N[C@@H]1CCc2nc(N)ccc21. The Bertz CT molecular complexity index is 965. The summed E-state index contributed by atoms with van der Waals surface area (Å²) in [7, 11) is 0. The maximum atomic E-state index is 12.7. The standard InChI is InChI=1S/C23H28ClN5O2/c1-13(22(30)29-19-8-7-18-17(19)6-9-21(25)28-18)27-23(31)20-11-15(12-26-20)10-14-2-4-16(24)5-3-14/h2-6,9,13,15,19-20,26H,7-8,10-12H2,1H3,(H2,25,28)(H,27,31)(H,29,30)/t13-,15-,19+,20+/m0/s1. The Labute approximate surface area is 187 Å². The lowest BCUT2D eigenvalue weighted by Gasteiger charge is -2.20. The number of halogens is 1. The Morgan fingerprint density at radius 1 is 1.26 bits per heavy atom. The number of nitrogens with zero attached hydrogens (tertiary/aromatic N) is 1. The normalized spacial score (nSPS) is 23.2. The maximum Gasteiger partial charge on any atom is 0.242 e. The first-order valence-electron chi connectivity index (χ1n) is 10.7. The van der Waals surface area contributed by atoms with E-state index < -0.39 is 6.04 Å². The zero-order valence-corrected chi connectivity index (χ0v) is 18.3. The molecule has 1 aromatic carbocycles. The lowest BCUT2D eigenvalue weighted by atomic mass is 9.96. The largest absolute Gasteiger partial charge is 0.384 e. The number of rotatable bonds is 6. The minimum absolute atomic E-state index is 0.0942. The Hall–Kier alpha value is -2.64. The van der Waals surface area contributed by atoms with Crippen molar-refractivity contribution in [1.82, 2.24) is 20.9 Å². The van der Waals surface area contributed by atoms with Crippen LogP contribution in [0.2, 0.25) is 5.02 Å². The number of carbonyl (C=O) groups excluding carboxylic acids is 2. The van der Waals surface area contributed by atoms with Crippen molar-refractivity contribution in [2.75, 3.05) is 12.3 Å². The van der Waals surface area contributed by atoms with Gasteiger partial charge in [-0.1, -0.05) is 29.8 Å². The molecule has 0 spiro atoms. The van der Waals surface area contributed by atoms with Gasteiger partial charge in [0.1, 0.15) is 11.9 Å². The third kappa shape index (κ3) is 5.17. The summed E-state index contributed by atoms with van der Waals surface area (Å²) in [6.07, 6.45) is 3.21. The van der Waals surface area contributed by atoms with Crippen LogP contribution in [0.4, 0.5) is 5.82 Å². The summed E-state index contributed by atoms with van der Waals surface area (Å²) in [5.74, 6) is 0.530. The van der Waals surface area contributed by atoms with Gasteiger partial charge in [-0.15, -0.1) is 0 Å². The van der Waals surface area contributed by atoms with Gasteiger partial charge < -0.3 is 21.7 Å². The van der Waals surface area contributed by atoms with Crippen LogP contribution in [0.15, 0.2) is 36.4 Å². The van der Waals surface area contributed by atoms with Crippen LogP contribution in [0, 0.1) is 5.92 Å². The average molecular weight is 442 g/mol. The summed E-state index contributed by atoms with van der Waals surface area (Å²) < 4.78 is 0. The number of carbonyl (C=O) groups is 2. The molecule has 2 amide bonds. The summed E-state index contributed by atoms with van der Waals surface area (Å²) in [5, 5.41) is 9.89. The number of hydrogen-bond donors (Lipinski definition) is 4. The van der Waals surface area contributed by atoms with Crippen molar-refractivity contribution in [3.8, 4) is 0 Å². The number of benzene rings is 1. The number of nitrogen functional groups attached to an aromatic ring is 1. The van der Waals surface area contributed by atoms with Gasteiger partial charge in [0.25, 0.3) is 0 Å². The molecule has 8 heteroatoms. The van der Waals surface area contributed by atoms with Gasteiger partial charge in [-0.25, -0.2) is 4.98 Å². The highest BCUT2D eigenvalue weighted by molar-refractivity contribution is 6.30. The van der Waals surface area contributed by atoms with Crippen LogP contribution < -0.4 is 21.7 Å². The molecule has 1 saturated heterocycles. The Kier molecular flexibility index (Phi) is 6.43. The van der Waals surface area contributed by atoms with Crippen LogP contribution >= 0.6 is 11.6 Å². The highest BCUT2D eigenvalue weighted by Gasteiger charge is 2.32. The van der Waals surface area contributed by atoms with Crippen LogP contribution in [-0.2, 0) is 22.4 Å². The van der Waals surface area contributed by atoms with Gasteiger partial charge in [0.15, 0.2) is 0 Å². The van der Waals surface area contributed by atoms with E-state index in [-0.39, 0.29) is 23.9 Å². The summed E-state index contributed by atoms with van der Waals surface area (Å²) in [6.45, 7) is 2.49. The van der Waals surface area contributed by atoms with Crippen molar-refractivity contribution in [1.29, 1.82) is 0 Å². The van der Waals surface area contributed by atoms with Gasteiger partial charge in [0, 0.05) is 10.7 Å². The predicted octanol–water partition coefficient (Wildman–Crippen LogP) is 2.15. The van der Waals surface area contributed by atoms with Crippen LogP contribution in [0.25, 0.3) is 0 Å². The minimum Gasteiger partial charge on any atom is -0.384 e. The second-order valence-corrected chi connectivity index (χ2v) is 8.93. The molecule has 2 aromatic rings. The number of fused-ring (bicyclic) bond motifs is 1. The van der Waals surface area contributed by atoms with E-state index >= 15 is 0 Å². The first-order valence-corrected chi connectivity index (χ1v) is 11.1. The fourth-order valence-electron chi connectivity index (χ4n) is 4.43. The Balaban J connectivity index is 1.26. The van der Waals surface area contributed by atoms with E-state index in [1.165, 1.54) is 5.56 Å². The van der Waals surface area contributed by atoms with E-state index in [1.54, 1.807) is 13.0 Å². The molecule has 4 atom stereocenters. The van der Waals surface area contributed by atoms with Gasteiger partial charge in [-0.3, -0.25) is 9.59 Å². The molecule has 2 aliphatic rings. The maximum absolute atomic E-state index is 12.7. The van der Waals surface area contributed by atoms with Crippen molar-refractivity contribution < 1.29 is 9.59 Å². The van der Waals surface area contributed by atoms with Crippen molar-refractivity contribution in [3.63, 3.8) is 0 Å². The lowest BCUT2D eigenvalue weighted by Crippen LogP contribution is -2.50. The molecule has 0 radical (unpaired) electrons. The number of anilines is 1. The molecule has 5 N–H and O–H groups in total. The molecule has 164 valence electrons. The highest BCUT2D eigenvalue weighted by Crippen LogP contribution is 2.30. The highest BCUT2D eigenvalue weighted by atomic mass is 35.5. The molecule has 0 bridgehead atoms. The number of nitrogens with one attached hydrogen (secondary N) is 3. The molecule has 1 fully saturated rings. The van der Waals surface area contributed by atoms with Gasteiger partial charge in [-0.2, -0.15) is 0 Å².